The Morgan fingerprint density at radius 3 is 2.32 bits per heavy atom. The van der Waals surface area contributed by atoms with Crippen LogP contribution in [0.3, 0.4) is 0 Å². The van der Waals surface area contributed by atoms with Crippen LogP contribution in [0.15, 0.2) is 45.3 Å². The van der Waals surface area contributed by atoms with E-state index in [0.717, 1.165) is 10.0 Å². The van der Waals surface area contributed by atoms with E-state index in [1.807, 2.05) is 19.1 Å². The second-order valence-corrected chi connectivity index (χ2v) is 7.74. The predicted octanol–water partition coefficient (Wildman–Crippen LogP) is 3.24. The minimum Gasteiger partial charge on any atom is -0.496 e. The number of hydrogen-bond donors (Lipinski definition) is 3. The summed E-state index contributed by atoms with van der Waals surface area (Å²) in [6, 6.07) is 10.5. The molecule has 2 aromatic carbocycles. The predicted molar refractivity (Wildman–Crippen MR) is 116 cm³/mol. The minimum absolute atomic E-state index is 0.0693. The normalized spacial score (nSPS) is 10.0. The molecule has 7 nitrogen and oxygen atoms in total. The van der Waals surface area contributed by atoms with Gasteiger partial charge in [0.1, 0.15) is 11.5 Å². The van der Waals surface area contributed by atoms with Gasteiger partial charge in [-0.15, -0.1) is 0 Å². The Morgan fingerprint density at radius 1 is 1.04 bits per heavy atom. The third-order valence-corrected chi connectivity index (χ3v) is 4.64. The third-order valence-electron chi connectivity index (χ3n) is 3.44. The van der Waals surface area contributed by atoms with Crippen LogP contribution in [-0.4, -0.2) is 30.6 Å². The van der Waals surface area contributed by atoms with E-state index in [-0.39, 0.29) is 11.7 Å². The van der Waals surface area contributed by atoms with Crippen LogP contribution in [0.4, 0.5) is 0 Å². The van der Waals surface area contributed by atoms with Gasteiger partial charge in [-0.25, -0.2) is 0 Å². The monoisotopic (exact) mass is 529 g/mol. The molecule has 0 saturated carbocycles. The van der Waals surface area contributed by atoms with Gasteiger partial charge in [0, 0.05) is 8.95 Å². The number of nitrogens with one attached hydrogen (secondary N) is 3. The number of ether oxygens (including phenoxy) is 2. The van der Waals surface area contributed by atoms with Gasteiger partial charge in [0.2, 0.25) is 0 Å². The van der Waals surface area contributed by atoms with E-state index in [9.17, 15) is 9.59 Å². The molecule has 10 heteroatoms. The average molecular weight is 531 g/mol. The number of benzene rings is 2. The van der Waals surface area contributed by atoms with E-state index in [0.29, 0.717) is 21.5 Å². The molecule has 2 aromatic rings. The van der Waals surface area contributed by atoms with Crippen LogP contribution in [0.2, 0.25) is 0 Å². The maximum atomic E-state index is 12.3. The molecular formula is C18H17Br2N3O4S. The summed E-state index contributed by atoms with van der Waals surface area (Å²) in [4.78, 5) is 24.2. The second kappa shape index (κ2) is 10.4. The van der Waals surface area contributed by atoms with Crippen molar-refractivity contribution in [2.45, 2.75) is 6.92 Å². The number of methoxy groups -OCH3 is 1. The maximum absolute atomic E-state index is 12.3. The molecule has 0 aliphatic carbocycles. The first kappa shape index (κ1) is 22.1. The van der Waals surface area contributed by atoms with E-state index >= 15 is 0 Å². The highest BCUT2D eigenvalue weighted by Gasteiger charge is 2.14. The number of hydrogen-bond acceptors (Lipinski definition) is 5. The van der Waals surface area contributed by atoms with Gasteiger partial charge in [-0.1, -0.05) is 31.9 Å². The largest absolute Gasteiger partial charge is 0.496 e. The van der Waals surface area contributed by atoms with E-state index in [1.165, 1.54) is 7.11 Å². The molecule has 0 heterocycles. The minimum atomic E-state index is -0.480. The summed E-state index contributed by atoms with van der Waals surface area (Å²) in [5.74, 6) is 0.0485. The van der Waals surface area contributed by atoms with Gasteiger partial charge in [-0.2, -0.15) is 0 Å². The van der Waals surface area contributed by atoms with Crippen molar-refractivity contribution in [1.29, 1.82) is 0 Å². The molecule has 0 fully saturated rings. The Balaban J connectivity index is 1.82. The number of amides is 2. The first-order valence-corrected chi connectivity index (χ1v) is 9.92. The Labute approximate surface area is 184 Å². The Morgan fingerprint density at radius 2 is 1.68 bits per heavy atom. The molecule has 0 aliphatic rings. The lowest BCUT2D eigenvalue weighted by molar-refractivity contribution is -0.123. The molecule has 0 spiro atoms. The summed E-state index contributed by atoms with van der Waals surface area (Å²) in [6.45, 7) is 1.66. The van der Waals surface area contributed by atoms with Gasteiger partial charge in [-0.3, -0.25) is 25.8 Å². The van der Waals surface area contributed by atoms with Gasteiger partial charge in [-0.05, 0) is 61.1 Å². The number of carbonyl (C=O) groups is 2. The Hall–Kier alpha value is -2.17. The number of thiocarbonyl (C=S) groups is 1. The van der Waals surface area contributed by atoms with Gasteiger partial charge in [0.25, 0.3) is 11.8 Å². The molecule has 148 valence electrons. The SMILES string of the molecule is COc1ccc(Br)cc1C(=O)NC(=S)NNC(=O)COc1ccc(Br)cc1C. The number of carbonyl (C=O) groups excluding carboxylic acids is 2. The van der Waals surface area contributed by atoms with Gasteiger partial charge in [0.05, 0.1) is 12.7 Å². The molecule has 3 N–H and O–H groups in total. The number of hydrazine groups is 1. The van der Waals surface area contributed by atoms with E-state index in [2.05, 4.69) is 48.0 Å². The molecule has 0 saturated heterocycles. The highest BCUT2D eigenvalue weighted by atomic mass is 79.9. The van der Waals surface area contributed by atoms with E-state index < -0.39 is 11.8 Å². The number of aryl methyl sites for hydroxylation is 1. The fourth-order valence-electron chi connectivity index (χ4n) is 2.14. The van der Waals surface area contributed by atoms with Crippen molar-refractivity contribution in [2.24, 2.45) is 0 Å². The van der Waals surface area contributed by atoms with E-state index in [1.54, 1.807) is 24.3 Å². The summed E-state index contributed by atoms with van der Waals surface area (Å²) in [5.41, 5.74) is 6.00. The molecule has 2 amide bonds. The Bertz CT molecular complexity index is 908. The van der Waals surface area contributed by atoms with Crippen molar-refractivity contribution in [3.05, 3.63) is 56.5 Å². The quantitative estimate of drug-likeness (QED) is 0.406. The first-order valence-electron chi connectivity index (χ1n) is 7.93. The average Bonchev–Trinajstić information content (AvgIpc) is 2.65. The molecule has 28 heavy (non-hydrogen) atoms. The summed E-state index contributed by atoms with van der Waals surface area (Å²) >= 11 is 11.7. The fraction of sp³-hybridized carbons (Fsp3) is 0.167. The lowest BCUT2D eigenvalue weighted by Crippen LogP contribution is -2.49. The summed E-state index contributed by atoms with van der Waals surface area (Å²) in [5, 5.41) is 2.39. The zero-order valence-electron chi connectivity index (χ0n) is 15.0. The second-order valence-electron chi connectivity index (χ2n) is 5.50. The van der Waals surface area contributed by atoms with Crippen molar-refractivity contribution in [1.82, 2.24) is 16.2 Å². The van der Waals surface area contributed by atoms with Crippen LogP contribution in [0.1, 0.15) is 15.9 Å². The van der Waals surface area contributed by atoms with Gasteiger partial charge >= 0.3 is 0 Å². The molecule has 0 unspecified atom stereocenters. The molecule has 0 bridgehead atoms. The van der Waals surface area contributed by atoms with Crippen LogP contribution in [-0.2, 0) is 4.79 Å². The first-order chi connectivity index (χ1) is 13.3. The van der Waals surface area contributed by atoms with Crippen molar-refractivity contribution in [3.63, 3.8) is 0 Å². The van der Waals surface area contributed by atoms with Gasteiger partial charge < -0.3 is 9.47 Å². The van der Waals surface area contributed by atoms with Gasteiger partial charge in [0.15, 0.2) is 11.7 Å². The van der Waals surface area contributed by atoms with Crippen LogP contribution < -0.4 is 25.6 Å². The van der Waals surface area contributed by atoms with Crippen molar-refractivity contribution >= 4 is 61.0 Å². The molecule has 2 rings (SSSR count). The van der Waals surface area contributed by atoms with Crippen LogP contribution in [0.5, 0.6) is 11.5 Å². The van der Waals surface area contributed by atoms with Crippen molar-refractivity contribution in [3.8, 4) is 11.5 Å². The highest BCUT2D eigenvalue weighted by Crippen LogP contribution is 2.23. The molecular weight excluding hydrogens is 514 g/mol. The smallest absolute Gasteiger partial charge is 0.276 e. The fourth-order valence-corrected chi connectivity index (χ4v) is 3.12. The van der Waals surface area contributed by atoms with Crippen LogP contribution in [0.25, 0.3) is 0 Å². The summed E-state index contributed by atoms with van der Waals surface area (Å²) in [7, 11) is 1.46. The molecule has 0 aromatic heterocycles. The van der Waals surface area contributed by atoms with Crippen molar-refractivity contribution in [2.75, 3.05) is 13.7 Å². The number of rotatable bonds is 5. The van der Waals surface area contributed by atoms with Crippen LogP contribution >= 0.6 is 44.1 Å². The topological polar surface area (TPSA) is 88.7 Å². The highest BCUT2D eigenvalue weighted by molar-refractivity contribution is 9.10. The Kier molecular flexibility index (Phi) is 8.21. The molecule has 0 radical (unpaired) electrons. The summed E-state index contributed by atoms with van der Waals surface area (Å²) < 4.78 is 12.2. The van der Waals surface area contributed by atoms with Crippen LogP contribution in [0, 0.1) is 6.92 Å². The summed E-state index contributed by atoms with van der Waals surface area (Å²) in [6.07, 6.45) is 0. The maximum Gasteiger partial charge on any atom is 0.276 e. The lowest BCUT2D eigenvalue weighted by atomic mass is 10.2. The number of halogens is 2. The molecule has 0 atom stereocenters. The third kappa shape index (κ3) is 6.47. The standard InChI is InChI=1S/C18H17Br2N3O4S/c1-10-7-11(19)3-5-14(10)27-9-16(24)22-23-18(28)21-17(25)13-8-12(20)4-6-15(13)26-2/h3-8H,9H2,1-2H3,(H,22,24)(H2,21,23,25,28). The zero-order valence-corrected chi connectivity index (χ0v) is 19.0. The van der Waals surface area contributed by atoms with Crippen molar-refractivity contribution < 1.29 is 19.1 Å². The zero-order chi connectivity index (χ0) is 20.7. The molecule has 0 aliphatic heterocycles. The van der Waals surface area contributed by atoms with E-state index in [4.69, 9.17) is 21.7 Å². The lowest BCUT2D eigenvalue weighted by Gasteiger charge is -2.13.